The second kappa shape index (κ2) is 5.76. The first-order chi connectivity index (χ1) is 10.1. The molecule has 2 aliphatic rings. The van der Waals surface area contributed by atoms with Gasteiger partial charge in [-0.05, 0) is 44.9 Å². The van der Waals surface area contributed by atoms with Crippen molar-refractivity contribution in [2.75, 3.05) is 19.6 Å². The number of likely N-dealkylation sites (tertiary alicyclic amines) is 2. The predicted molar refractivity (Wildman–Crippen MR) is 82.6 cm³/mol. The van der Waals surface area contributed by atoms with Gasteiger partial charge >= 0.3 is 0 Å². The lowest BCUT2D eigenvalue weighted by atomic mass is 9.85. The highest BCUT2D eigenvalue weighted by atomic mass is 16.2. The van der Waals surface area contributed by atoms with Gasteiger partial charge in [-0.15, -0.1) is 0 Å². The van der Waals surface area contributed by atoms with Crippen molar-refractivity contribution in [3.8, 4) is 0 Å². The number of nitrogens with zero attached hydrogens (tertiary/aromatic N) is 3. The summed E-state index contributed by atoms with van der Waals surface area (Å²) in [5, 5.41) is 0. The minimum atomic E-state index is -0.113. The van der Waals surface area contributed by atoms with E-state index in [0.29, 0.717) is 18.5 Å². The van der Waals surface area contributed by atoms with Crippen LogP contribution in [0.15, 0.2) is 24.4 Å². The van der Waals surface area contributed by atoms with Crippen molar-refractivity contribution in [3.05, 3.63) is 30.1 Å². The van der Waals surface area contributed by atoms with E-state index in [0.717, 1.165) is 44.6 Å². The zero-order chi connectivity index (χ0) is 14.9. The smallest absolute Gasteiger partial charge is 0.230 e. The van der Waals surface area contributed by atoms with Gasteiger partial charge in [0.25, 0.3) is 0 Å². The van der Waals surface area contributed by atoms with Crippen LogP contribution in [0.2, 0.25) is 0 Å². The molecule has 2 atom stereocenters. The van der Waals surface area contributed by atoms with Crippen molar-refractivity contribution in [2.24, 2.45) is 5.41 Å². The average Bonchev–Trinajstić information content (AvgIpc) is 3.08. The van der Waals surface area contributed by atoms with E-state index in [4.69, 9.17) is 0 Å². The Morgan fingerprint density at radius 1 is 1.33 bits per heavy atom. The second-order valence-electron chi connectivity index (χ2n) is 6.56. The Morgan fingerprint density at radius 3 is 2.86 bits per heavy atom. The molecular formula is C17H25N3O. The number of carbonyl (C=O) groups excluding carboxylic acids is 1. The van der Waals surface area contributed by atoms with Crippen LogP contribution in [0.1, 0.15) is 38.8 Å². The Morgan fingerprint density at radius 2 is 2.14 bits per heavy atom. The van der Waals surface area contributed by atoms with E-state index in [-0.39, 0.29) is 5.41 Å². The van der Waals surface area contributed by atoms with Crippen LogP contribution in [0.25, 0.3) is 0 Å². The molecule has 0 N–H and O–H groups in total. The van der Waals surface area contributed by atoms with Gasteiger partial charge in [-0.2, -0.15) is 0 Å². The zero-order valence-corrected chi connectivity index (χ0v) is 13.1. The first-order valence-corrected chi connectivity index (χ1v) is 8.08. The van der Waals surface area contributed by atoms with Crippen molar-refractivity contribution < 1.29 is 4.79 Å². The van der Waals surface area contributed by atoms with Crippen molar-refractivity contribution in [3.63, 3.8) is 0 Å². The molecule has 1 amide bonds. The number of aromatic nitrogens is 1. The summed E-state index contributed by atoms with van der Waals surface area (Å²) in [6.45, 7) is 8.04. The summed E-state index contributed by atoms with van der Waals surface area (Å²) in [4.78, 5) is 21.7. The SMILES string of the molecule is CC[C@@H](C)N1CC[C@@]2(CCN(Cc3ccccn3)C2=O)C1. The van der Waals surface area contributed by atoms with Crippen LogP contribution in [-0.2, 0) is 11.3 Å². The highest BCUT2D eigenvalue weighted by Crippen LogP contribution is 2.41. The van der Waals surface area contributed by atoms with Crippen LogP contribution < -0.4 is 0 Å². The molecular weight excluding hydrogens is 262 g/mol. The monoisotopic (exact) mass is 287 g/mol. The van der Waals surface area contributed by atoms with Crippen LogP contribution in [-0.4, -0.2) is 46.4 Å². The number of hydrogen-bond donors (Lipinski definition) is 0. The van der Waals surface area contributed by atoms with E-state index in [2.05, 4.69) is 23.7 Å². The minimum Gasteiger partial charge on any atom is -0.336 e. The summed E-state index contributed by atoms with van der Waals surface area (Å²) in [7, 11) is 0. The minimum absolute atomic E-state index is 0.113. The van der Waals surface area contributed by atoms with Crippen LogP contribution in [0.3, 0.4) is 0 Å². The average molecular weight is 287 g/mol. The van der Waals surface area contributed by atoms with Gasteiger partial charge < -0.3 is 4.90 Å². The molecule has 3 rings (SSSR count). The van der Waals surface area contributed by atoms with Gasteiger partial charge in [0.2, 0.25) is 5.91 Å². The highest BCUT2D eigenvalue weighted by molar-refractivity contribution is 5.85. The van der Waals surface area contributed by atoms with Crippen LogP contribution in [0.4, 0.5) is 0 Å². The van der Waals surface area contributed by atoms with Gasteiger partial charge in [-0.1, -0.05) is 13.0 Å². The first kappa shape index (κ1) is 14.5. The largest absolute Gasteiger partial charge is 0.336 e. The Hall–Kier alpha value is -1.42. The number of rotatable bonds is 4. The Balaban J connectivity index is 1.67. The molecule has 4 nitrogen and oxygen atoms in total. The van der Waals surface area contributed by atoms with E-state index in [1.54, 1.807) is 6.20 Å². The summed E-state index contributed by atoms with van der Waals surface area (Å²) in [5.74, 6) is 0.346. The molecule has 0 unspecified atom stereocenters. The van der Waals surface area contributed by atoms with Crippen molar-refractivity contribution in [1.82, 2.24) is 14.8 Å². The molecule has 1 aromatic heterocycles. The summed E-state index contributed by atoms with van der Waals surface area (Å²) in [6, 6.07) is 6.48. The third-order valence-electron chi connectivity index (χ3n) is 5.28. The molecule has 2 aliphatic heterocycles. The summed E-state index contributed by atoms with van der Waals surface area (Å²) >= 11 is 0. The maximum atomic E-state index is 12.9. The lowest BCUT2D eigenvalue weighted by Gasteiger charge is -2.26. The molecule has 0 saturated carbocycles. The number of pyridine rings is 1. The number of hydrogen-bond acceptors (Lipinski definition) is 3. The van der Waals surface area contributed by atoms with E-state index in [9.17, 15) is 4.79 Å². The Kier molecular flexibility index (Phi) is 3.98. The molecule has 21 heavy (non-hydrogen) atoms. The molecule has 4 heteroatoms. The fraction of sp³-hybridized carbons (Fsp3) is 0.647. The fourth-order valence-corrected chi connectivity index (χ4v) is 3.65. The van der Waals surface area contributed by atoms with Crippen LogP contribution >= 0.6 is 0 Å². The van der Waals surface area contributed by atoms with Gasteiger partial charge in [-0.3, -0.25) is 14.7 Å². The lowest BCUT2D eigenvalue weighted by Crippen LogP contribution is -2.38. The van der Waals surface area contributed by atoms with E-state index in [1.165, 1.54) is 0 Å². The molecule has 114 valence electrons. The molecule has 0 radical (unpaired) electrons. The quantitative estimate of drug-likeness (QED) is 0.852. The highest BCUT2D eigenvalue weighted by Gasteiger charge is 2.50. The van der Waals surface area contributed by atoms with Gasteiger partial charge in [0.1, 0.15) is 0 Å². The van der Waals surface area contributed by atoms with Gasteiger partial charge in [0.15, 0.2) is 0 Å². The standard InChI is InChI=1S/C17H25N3O/c1-3-14(2)20-11-8-17(13-20)7-10-19(16(17)21)12-15-6-4-5-9-18-15/h4-6,9,14H,3,7-8,10-13H2,1-2H3/t14-,17+/m1/s1. The second-order valence-corrected chi connectivity index (χ2v) is 6.56. The number of carbonyl (C=O) groups is 1. The third-order valence-corrected chi connectivity index (χ3v) is 5.28. The zero-order valence-electron chi connectivity index (χ0n) is 13.1. The third kappa shape index (κ3) is 2.69. The van der Waals surface area contributed by atoms with Crippen molar-refractivity contribution >= 4 is 5.91 Å². The lowest BCUT2D eigenvalue weighted by molar-refractivity contribution is -0.136. The maximum absolute atomic E-state index is 12.9. The van der Waals surface area contributed by atoms with Crippen LogP contribution in [0, 0.1) is 5.41 Å². The van der Waals surface area contributed by atoms with Crippen molar-refractivity contribution in [2.45, 2.75) is 45.7 Å². The molecule has 1 aromatic rings. The Bertz CT molecular complexity index is 504. The predicted octanol–water partition coefficient (Wildman–Crippen LogP) is 2.30. The van der Waals surface area contributed by atoms with Crippen molar-refractivity contribution in [1.29, 1.82) is 0 Å². The molecule has 2 fully saturated rings. The van der Waals surface area contributed by atoms with E-state index >= 15 is 0 Å². The summed E-state index contributed by atoms with van der Waals surface area (Å²) in [6.07, 6.45) is 4.98. The molecule has 0 bridgehead atoms. The van der Waals surface area contributed by atoms with Crippen LogP contribution in [0.5, 0.6) is 0 Å². The maximum Gasteiger partial charge on any atom is 0.230 e. The van der Waals surface area contributed by atoms with E-state index in [1.807, 2.05) is 23.1 Å². The first-order valence-electron chi connectivity index (χ1n) is 8.08. The fourth-order valence-electron chi connectivity index (χ4n) is 3.65. The van der Waals surface area contributed by atoms with Gasteiger partial charge in [0.05, 0.1) is 17.7 Å². The Labute approximate surface area is 127 Å². The summed E-state index contributed by atoms with van der Waals surface area (Å²) < 4.78 is 0. The van der Waals surface area contributed by atoms with E-state index < -0.39 is 0 Å². The normalized spacial score (nSPS) is 27.7. The molecule has 0 aromatic carbocycles. The summed E-state index contributed by atoms with van der Waals surface area (Å²) in [5.41, 5.74) is 0.873. The number of amides is 1. The van der Waals surface area contributed by atoms with Gasteiger partial charge in [-0.25, -0.2) is 0 Å². The molecule has 3 heterocycles. The molecule has 0 aliphatic carbocycles. The molecule has 2 saturated heterocycles. The molecule has 1 spiro atoms. The van der Waals surface area contributed by atoms with Gasteiger partial charge in [0, 0.05) is 25.3 Å². The topological polar surface area (TPSA) is 36.4 Å².